The lowest BCUT2D eigenvalue weighted by molar-refractivity contribution is 0.0840. The first-order valence-corrected chi connectivity index (χ1v) is 9.23. The molecule has 0 unspecified atom stereocenters. The van der Waals surface area contributed by atoms with Gasteiger partial charge in [-0.2, -0.15) is 0 Å². The largest absolute Gasteiger partial charge is 0.356 e. The number of hydrazine groups is 1. The van der Waals surface area contributed by atoms with Crippen LogP contribution in [-0.4, -0.2) is 32.6 Å². The van der Waals surface area contributed by atoms with Crippen LogP contribution in [0, 0.1) is 0 Å². The summed E-state index contributed by atoms with van der Waals surface area (Å²) >= 11 is 4.68. The number of hydrogen-bond acceptors (Lipinski definition) is 4. The highest BCUT2D eigenvalue weighted by Gasteiger charge is 2.18. The highest BCUT2D eigenvalue weighted by Crippen LogP contribution is 2.21. The Bertz CT molecular complexity index is 906. The average molecular weight is 420 g/mol. The third-order valence-electron chi connectivity index (χ3n) is 3.34. The number of rotatable bonds is 4. The van der Waals surface area contributed by atoms with Gasteiger partial charge < -0.3 is 4.98 Å². The van der Waals surface area contributed by atoms with E-state index in [4.69, 9.17) is 0 Å². The predicted octanol–water partition coefficient (Wildman–Crippen LogP) is 2.76. The number of aromatic nitrogens is 3. The maximum absolute atomic E-state index is 12.5. The predicted molar refractivity (Wildman–Crippen MR) is 98.8 cm³/mol. The van der Waals surface area contributed by atoms with Crippen molar-refractivity contribution in [1.82, 2.24) is 25.4 Å². The van der Waals surface area contributed by atoms with Crippen LogP contribution >= 0.6 is 27.7 Å². The monoisotopic (exact) mass is 419 g/mol. The van der Waals surface area contributed by atoms with E-state index in [1.807, 2.05) is 36.6 Å². The Morgan fingerprint density at radius 3 is 2.56 bits per heavy atom. The third kappa shape index (κ3) is 3.77. The van der Waals surface area contributed by atoms with Gasteiger partial charge in [0.15, 0.2) is 5.16 Å². The number of carbonyl (C=O) groups excluding carboxylic acids is 2. The van der Waals surface area contributed by atoms with Crippen molar-refractivity contribution in [3.05, 3.63) is 64.7 Å². The van der Waals surface area contributed by atoms with Crippen molar-refractivity contribution in [3.63, 3.8) is 0 Å². The first-order valence-electron chi connectivity index (χ1n) is 7.22. The fourth-order valence-corrected chi connectivity index (χ4v) is 3.10. The second-order valence-corrected chi connectivity index (χ2v) is 6.63. The number of nitrogens with one attached hydrogen (secondary N) is 3. The van der Waals surface area contributed by atoms with Crippen molar-refractivity contribution in [2.45, 2.75) is 5.16 Å². The van der Waals surface area contributed by atoms with Crippen LogP contribution in [0.25, 0.3) is 5.69 Å². The van der Waals surface area contributed by atoms with Gasteiger partial charge >= 0.3 is 0 Å². The molecule has 25 heavy (non-hydrogen) atoms. The van der Waals surface area contributed by atoms with Gasteiger partial charge in [-0.1, -0.05) is 30.0 Å². The normalized spacial score (nSPS) is 10.5. The number of benzene rings is 1. The highest BCUT2D eigenvalue weighted by molar-refractivity contribution is 9.10. The number of H-pyrrole nitrogens is 1. The summed E-state index contributed by atoms with van der Waals surface area (Å²) in [7, 11) is 0. The molecule has 2 amide bonds. The van der Waals surface area contributed by atoms with Crippen LogP contribution in [0.15, 0.2) is 58.4 Å². The molecule has 0 aliphatic heterocycles. The van der Waals surface area contributed by atoms with Crippen LogP contribution in [0.3, 0.4) is 0 Å². The molecule has 0 atom stereocenters. The number of thioether (sulfide) groups is 1. The van der Waals surface area contributed by atoms with Crippen LogP contribution in [-0.2, 0) is 0 Å². The molecule has 0 radical (unpaired) electrons. The van der Waals surface area contributed by atoms with Crippen molar-refractivity contribution in [2.75, 3.05) is 6.26 Å². The van der Waals surface area contributed by atoms with Crippen molar-refractivity contribution in [2.24, 2.45) is 0 Å². The number of hydrogen-bond donors (Lipinski definition) is 3. The van der Waals surface area contributed by atoms with Crippen LogP contribution < -0.4 is 10.9 Å². The van der Waals surface area contributed by atoms with Crippen molar-refractivity contribution in [3.8, 4) is 5.69 Å². The molecule has 0 bridgehead atoms. The van der Waals surface area contributed by atoms with Gasteiger partial charge in [0.25, 0.3) is 11.8 Å². The van der Waals surface area contributed by atoms with E-state index < -0.39 is 11.8 Å². The van der Waals surface area contributed by atoms with E-state index in [1.165, 1.54) is 18.0 Å². The van der Waals surface area contributed by atoms with E-state index >= 15 is 0 Å². The Kier molecular flexibility index (Phi) is 5.25. The fraction of sp³-hybridized carbons (Fsp3) is 0.0625. The number of halogens is 1. The maximum Gasteiger partial charge on any atom is 0.288 e. The van der Waals surface area contributed by atoms with Crippen LogP contribution in [0.1, 0.15) is 21.0 Å². The molecule has 0 fully saturated rings. The molecule has 2 aromatic heterocycles. The fourth-order valence-electron chi connectivity index (χ4n) is 2.21. The Morgan fingerprint density at radius 1 is 1.20 bits per heavy atom. The molecular formula is C16H14BrN5O2S. The number of amides is 2. The number of carbonyl (C=O) groups is 2. The smallest absolute Gasteiger partial charge is 0.288 e. The lowest BCUT2D eigenvalue weighted by Gasteiger charge is -2.11. The molecule has 1 aromatic carbocycles. The van der Waals surface area contributed by atoms with Crippen LogP contribution in [0.2, 0.25) is 0 Å². The summed E-state index contributed by atoms with van der Waals surface area (Å²) in [5, 5.41) is 0.677. The Morgan fingerprint density at radius 2 is 1.92 bits per heavy atom. The van der Waals surface area contributed by atoms with E-state index in [1.54, 1.807) is 16.8 Å². The zero-order valence-electron chi connectivity index (χ0n) is 13.1. The second kappa shape index (κ2) is 7.58. The summed E-state index contributed by atoms with van der Waals surface area (Å²) in [6.07, 6.45) is 4.99. The molecule has 0 saturated carbocycles. The van der Waals surface area contributed by atoms with Crippen molar-refractivity contribution >= 4 is 39.5 Å². The SMILES string of the molecule is CSc1ncc(C(=O)NNC(=O)c2cc(Br)c[nH]2)n1-c1ccccc1. The summed E-state index contributed by atoms with van der Waals surface area (Å²) in [6, 6.07) is 11.0. The number of aromatic amines is 1. The zero-order valence-corrected chi connectivity index (χ0v) is 15.5. The molecule has 0 saturated heterocycles. The number of nitrogens with zero attached hydrogens (tertiary/aromatic N) is 2. The minimum absolute atomic E-state index is 0.323. The minimum Gasteiger partial charge on any atom is -0.356 e. The van der Waals surface area contributed by atoms with Crippen LogP contribution in [0.5, 0.6) is 0 Å². The minimum atomic E-state index is -0.462. The first-order chi connectivity index (χ1) is 12.1. The van der Waals surface area contributed by atoms with E-state index in [0.29, 0.717) is 16.5 Å². The molecule has 0 spiro atoms. The Balaban J connectivity index is 1.79. The Hall–Kier alpha value is -2.52. The van der Waals surface area contributed by atoms with Gasteiger partial charge in [0, 0.05) is 16.4 Å². The lowest BCUT2D eigenvalue weighted by Crippen LogP contribution is -2.42. The molecule has 3 N–H and O–H groups in total. The quantitative estimate of drug-likeness (QED) is 0.447. The second-order valence-electron chi connectivity index (χ2n) is 4.94. The van der Waals surface area contributed by atoms with Gasteiger partial charge in [0.1, 0.15) is 11.4 Å². The third-order valence-corrected chi connectivity index (χ3v) is 4.45. The molecule has 128 valence electrons. The van der Waals surface area contributed by atoms with Gasteiger partial charge in [-0.15, -0.1) is 0 Å². The molecule has 3 aromatic rings. The van der Waals surface area contributed by atoms with E-state index in [2.05, 4.69) is 36.7 Å². The summed E-state index contributed by atoms with van der Waals surface area (Å²) in [5.41, 5.74) is 6.25. The number of imidazole rings is 1. The summed E-state index contributed by atoms with van der Waals surface area (Å²) in [5.74, 6) is -0.912. The van der Waals surface area contributed by atoms with Gasteiger partial charge in [-0.05, 0) is 40.4 Å². The van der Waals surface area contributed by atoms with E-state index in [-0.39, 0.29) is 0 Å². The summed E-state index contributed by atoms with van der Waals surface area (Å²) in [6.45, 7) is 0. The Labute approximate surface area is 156 Å². The molecule has 9 heteroatoms. The lowest BCUT2D eigenvalue weighted by atomic mass is 10.3. The van der Waals surface area contributed by atoms with E-state index in [9.17, 15) is 9.59 Å². The van der Waals surface area contributed by atoms with E-state index in [0.717, 1.165) is 10.2 Å². The maximum atomic E-state index is 12.5. The zero-order chi connectivity index (χ0) is 17.8. The van der Waals surface area contributed by atoms with Gasteiger partial charge in [-0.25, -0.2) is 4.98 Å². The molecule has 7 nitrogen and oxygen atoms in total. The highest BCUT2D eigenvalue weighted by atomic mass is 79.9. The van der Waals surface area contributed by atoms with Crippen molar-refractivity contribution < 1.29 is 9.59 Å². The van der Waals surface area contributed by atoms with Crippen molar-refractivity contribution in [1.29, 1.82) is 0 Å². The molecule has 0 aliphatic carbocycles. The van der Waals surface area contributed by atoms with Gasteiger partial charge in [-0.3, -0.25) is 25.0 Å². The summed E-state index contributed by atoms with van der Waals surface area (Å²) < 4.78 is 2.48. The molecule has 0 aliphatic rings. The topological polar surface area (TPSA) is 91.8 Å². The van der Waals surface area contributed by atoms with Gasteiger partial charge in [0.05, 0.1) is 6.20 Å². The summed E-state index contributed by atoms with van der Waals surface area (Å²) in [4.78, 5) is 31.5. The first kappa shape index (κ1) is 17.3. The molecule has 2 heterocycles. The average Bonchev–Trinajstić information content (AvgIpc) is 3.26. The standard InChI is InChI=1S/C16H14BrN5O2S/c1-25-16-19-9-13(22(16)11-5-3-2-4-6-11)15(24)21-20-14(23)12-7-10(17)8-18-12/h2-9,18H,1H3,(H,20,23)(H,21,24). The molecular weight excluding hydrogens is 406 g/mol. The number of para-hydroxylation sites is 1. The van der Waals surface area contributed by atoms with Crippen LogP contribution in [0.4, 0.5) is 0 Å². The molecule has 3 rings (SSSR count). The van der Waals surface area contributed by atoms with Gasteiger partial charge in [0.2, 0.25) is 0 Å².